The molecule has 7 rings (SSSR count). The highest BCUT2D eigenvalue weighted by Crippen LogP contribution is 2.36. The molecule has 14 nitrogen and oxygen atoms in total. The van der Waals surface area contributed by atoms with Crippen LogP contribution in [-0.4, -0.2) is 87.3 Å². The van der Waals surface area contributed by atoms with E-state index < -0.39 is 0 Å². The van der Waals surface area contributed by atoms with Crippen molar-refractivity contribution < 1.29 is 14.2 Å². The molecular weight excluding hydrogens is 658 g/mol. The number of pyridine rings is 1. The number of halogens is 1. The Balaban J connectivity index is 1.04. The lowest BCUT2D eigenvalue weighted by Gasteiger charge is -2.42. The van der Waals surface area contributed by atoms with Crippen molar-refractivity contribution in [2.75, 3.05) is 18.4 Å². The van der Waals surface area contributed by atoms with E-state index in [9.17, 15) is 0 Å². The van der Waals surface area contributed by atoms with Crippen LogP contribution in [0.3, 0.4) is 0 Å². The van der Waals surface area contributed by atoms with Crippen LogP contribution in [0.2, 0.25) is 5.02 Å². The zero-order chi connectivity index (χ0) is 34.5. The molecular formula is C35H42ClN11O3. The second-order valence-corrected chi connectivity index (χ2v) is 13.5. The van der Waals surface area contributed by atoms with Crippen LogP contribution in [0.25, 0.3) is 11.1 Å². The number of anilines is 2. The molecule has 0 spiro atoms. The highest BCUT2D eigenvalue weighted by molar-refractivity contribution is 6.32. The minimum absolute atomic E-state index is 0.212. The largest absolute Gasteiger partial charge is 0.487 e. The van der Waals surface area contributed by atoms with Gasteiger partial charge in [-0.15, -0.1) is 10.2 Å². The number of ether oxygens (including phenoxy) is 3. The van der Waals surface area contributed by atoms with Crippen molar-refractivity contribution in [3.63, 3.8) is 0 Å². The zero-order valence-electron chi connectivity index (χ0n) is 28.5. The Morgan fingerprint density at radius 1 is 0.980 bits per heavy atom. The molecule has 5 heterocycles. The van der Waals surface area contributed by atoms with Crippen LogP contribution in [0.1, 0.15) is 58.2 Å². The number of benzene rings is 1. The smallest absolute Gasteiger partial charge is 0.257 e. The molecule has 4 aromatic heterocycles. The SMILES string of the molecule is C[C@@H]1CN(C2CCC(n3cc(Nc4ncc(-c5ccc(Cl)c(O[C@@H](C)Cn6cnnn6)c5)cn4)c(OCc4ccccn4)n3)CC2)C[C@H](C)O1. The maximum atomic E-state index is 6.47. The Kier molecular flexibility index (Phi) is 10.5. The molecule has 1 aliphatic carbocycles. The van der Waals surface area contributed by atoms with Crippen molar-refractivity contribution in [2.24, 2.45) is 0 Å². The second-order valence-electron chi connectivity index (χ2n) is 13.1. The summed E-state index contributed by atoms with van der Waals surface area (Å²) in [5, 5.41) is 20.0. The second kappa shape index (κ2) is 15.5. The third-order valence-electron chi connectivity index (χ3n) is 9.11. The zero-order valence-corrected chi connectivity index (χ0v) is 29.2. The van der Waals surface area contributed by atoms with Crippen molar-refractivity contribution >= 4 is 23.2 Å². The quantitative estimate of drug-likeness (QED) is 0.169. The van der Waals surface area contributed by atoms with Gasteiger partial charge in [-0.1, -0.05) is 23.7 Å². The molecule has 1 saturated heterocycles. The fourth-order valence-electron chi connectivity index (χ4n) is 6.80. The standard InChI is InChI=1S/C35H42ClN11O3/c1-23-17-45(18-24(2)49-23)29-8-10-30(11-9-29)47-20-32(34(42-47)48-21-28-6-4-5-13-37-28)41-35-38-15-27(16-39-35)26-7-12-31(36)33(14-26)50-25(3)19-46-22-40-43-44-46/h4-7,12-16,20,22-25,29-30H,8-11,17-19,21H2,1-3H3,(H,38,39,41)/t23-,24+,25-,29?,30?/m0/s1. The van der Waals surface area contributed by atoms with E-state index in [-0.39, 0.29) is 24.4 Å². The predicted molar refractivity (Wildman–Crippen MR) is 187 cm³/mol. The van der Waals surface area contributed by atoms with E-state index in [1.165, 1.54) is 0 Å². The maximum absolute atomic E-state index is 6.47. The number of hydrogen-bond donors (Lipinski definition) is 1. The number of rotatable bonds is 12. The van der Waals surface area contributed by atoms with Crippen LogP contribution in [0.4, 0.5) is 11.6 Å². The number of morpholine rings is 1. The fourth-order valence-corrected chi connectivity index (χ4v) is 6.96. The lowest BCUT2D eigenvalue weighted by atomic mass is 9.89. The van der Waals surface area contributed by atoms with E-state index in [1.54, 1.807) is 35.7 Å². The molecule has 2 aliphatic rings. The Bertz CT molecular complexity index is 1810. The Hall–Kier alpha value is -4.66. The topological polar surface area (TPSA) is 143 Å². The highest BCUT2D eigenvalue weighted by atomic mass is 35.5. The highest BCUT2D eigenvalue weighted by Gasteiger charge is 2.32. The first-order valence-corrected chi connectivity index (χ1v) is 17.5. The van der Waals surface area contributed by atoms with Gasteiger partial charge >= 0.3 is 0 Å². The summed E-state index contributed by atoms with van der Waals surface area (Å²) >= 11 is 6.47. The number of nitrogens with zero attached hydrogens (tertiary/aromatic N) is 10. The van der Waals surface area contributed by atoms with Gasteiger partial charge in [-0.05, 0) is 86.7 Å². The lowest BCUT2D eigenvalue weighted by Crippen LogP contribution is -2.51. The maximum Gasteiger partial charge on any atom is 0.257 e. The molecule has 0 bridgehead atoms. The molecule has 262 valence electrons. The average molecular weight is 700 g/mol. The summed E-state index contributed by atoms with van der Waals surface area (Å²) in [4.78, 5) is 16.3. The molecule has 5 aromatic rings. The van der Waals surface area contributed by atoms with Crippen LogP contribution >= 0.6 is 11.6 Å². The molecule has 2 fully saturated rings. The van der Waals surface area contributed by atoms with Gasteiger partial charge in [0.25, 0.3) is 5.88 Å². The van der Waals surface area contributed by atoms with E-state index in [2.05, 4.69) is 54.5 Å². The molecule has 0 amide bonds. The summed E-state index contributed by atoms with van der Waals surface area (Å²) in [6.07, 6.45) is 13.5. The number of hydrogen-bond acceptors (Lipinski definition) is 12. The van der Waals surface area contributed by atoms with Gasteiger partial charge in [0, 0.05) is 43.3 Å². The van der Waals surface area contributed by atoms with E-state index in [1.807, 2.05) is 48.1 Å². The van der Waals surface area contributed by atoms with Gasteiger partial charge in [0.2, 0.25) is 5.95 Å². The summed E-state index contributed by atoms with van der Waals surface area (Å²) in [6, 6.07) is 12.2. The molecule has 1 aliphatic heterocycles. The minimum atomic E-state index is -0.212. The van der Waals surface area contributed by atoms with Gasteiger partial charge in [-0.3, -0.25) is 14.6 Å². The molecule has 3 atom stereocenters. The van der Waals surface area contributed by atoms with Gasteiger partial charge in [0.05, 0.1) is 41.7 Å². The van der Waals surface area contributed by atoms with Crippen LogP contribution in [-0.2, 0) is 17.9 Å². The van der Waals surface area contributed by atoms with Gasteiger partial charge in [0.1, 0.15) is 30.5 Å². The van der Waals surface area contributed by atoms with Crippen molar-refractivity contribution in [2.45, 2.75) is 90.0 Å². The predicted octanol–water partition coefficient (Wildman–Crippen LogP) is 5.76. The van der Waals surface area contributed by atoms with Crippen LogP contribution in [0, 0.1) is 0 Å². The first-order chi connectivity index (χ1) is 24.4. The molecule has 1 saturated carbocycles. The molecule has 15 heteroatoms. The summed E-state index contributed by atoms with van der Waals surface area (Å²) in [6.45, 7) is 9.04. The minimum Gasteiger partial charge on any atom is -0.487 e. The average Bonchev–Trinajstić information content (AvgIpc) is 3.79. The van der Waals surface area contributed by atoms with Crippen LogP contribution in [0.15, 0.2) is 67.5 Å². The molecule has 0 unspecified atom stereocenters. The third kappa shape index (κ3) is 8.37. The van der Waals surface area contributed by atoms with Crippen molar-refractivity contribution in [1.82, 2.24) is 49.8 Å². The van der Waals surface area contributed by atoms with Crippen molar-refractivity contribution in [3.05, 3.63) is 78.2 Å². The fraction of sp³-hybridized carbons (Fsp3) is 0.457. The number of aromatic nitrogens is 9. The van der Waals surface area contributed by atoms with Crippen LogP contribution < -0.4 is 14.8 Å². The monoisotopic (exact) mass is 699 g/mol. The van der Waals surface area contributed by atoms with Crippen molar-refractivity contribution in [3.8, 4) is 22.8 Å². The Morgan fingerprint density at radius 3 is 2.48 bits per heavy atom. The number of nitrogens with one attached hydrogen (secondary N) is 1. The molecule has 1 N–H and O–H groups in total. The lowest BCUT2D eigenvalue weighted by molar-refractivity contribution is -0.0852. The van der Waals surface area contributed by atoms with Crippen LogP contribution in [0.5, 0.6) is 11.6 Å². The van der Waals surface area contributed by atoms with E-state index in [0.29, 0.717) is 47.5 Å². The third-order valence-corrected chi connectivity index (χ3v) is 9.42. The van der Waals surface area contributed by atoms with E-state index >= 15 is 0 Å². The first-order valence-electron chi connectivity index (χ1n) is 17.1. The van der Waals surface area contributed by atoms with Gasteiger partial charge < -0.3 is 19.5 Å². The Labute approximate surface area is 296 Å². The molecule has 50 heavy (non-hydrogen) atoms. The van der Waals surface area contributed by atoms with Crippen molar-refractivity contribution in [1.29, 1.82) is 0 Å². The molecule has 0 radical (unpaired) electrons. The summed E-state index contributed by atoms with van der Waals surface area (Å²) < 4.78 is 22.0. The van der Waals surface area contributed by atoms with E-state index in [0.717, 1.165) is 55.6 Å². The summed E-state index contributed by atoms with van der Waals surface area (Å²) in [5.41, 5.74) is 3.20. The normalized spacial score (nSPS) is 21.8. The summed E-state index contributed by atoms with van der Waals surface area (Å²) in [7, 11) is 0. The summed E-state index contributed by atoms with van der Waals surface area (Å²) in [5.74, 6) is 1.46. The Morgan fingerprint density at radius 2 is 1.76 bits per heavy atom. The van der Waals surface area contributed by atoms with Gasteiger partial charge in [-0.2, -0.15) is 0 Å². The van der Waals surface area contributed by atoms with E-state index in [4.69, 9.17) is 30.9 Å². The first kappa shape index (κ1) is 33.8. The van der Waals surface area contributed by atoms with Gasteiger partial charge in [-0.25, -0.2) is 14.6 Å². The number of tetrazole rings is 1. The van der Waals surface area contributed by atoms with Gasteiger partial charge in [0.15, 0.2) is 0 Å². The molecule has 1 aromatic carbocycles.